The Hall–Kier alpha value is -1.13. The third-order valence-corrected chi connectivity index (χ3v) is 3.31. The lowest BCUT2D eigenvalue weighted by Gasteiger charge is -2.15. The molecule has 1 heterocycles. The maximum atomic E-state index is 4.37. The Morgan fingerprint density at radius 1 is 1.53 bits per heavy atom. The molecule has 4 heteroatoms. The molecule has 1 rings (SSSR count). The molecule has 0 spiro atoms. The van der Waals surface area contributed by atoms with Crippen LogP contribution in [0.5, 0.6) is 0 Å². The van der Waals surface area contributed by atoms with E-state index in [4.69, 9.17) is 0 Å². The number of allylic oxidation sites excluding steroid dienone is 3. The Kier molecular flexibility index (Phi) is 5.94. The van der Waals surface area contributed by atoms with E-state index in [1.165, 1.54) is 11.1 Å². The summed E-state index contributed by atoms with van der Waals surface area (Å²) in [5, 5.41) is 5.10. The highest BCUT2D eigenvalue weighted by molar-refractivity contribution is 7.10. The number of hydrogen-bond donors (Lipinski definition) is 1. The van der Waals surface area contributed by atoms with Gasteiger partial charge in [0.2, 0.25) is 0 Å². The van der Waals surface area contributed by atoms with Crippen LogP contribution >= 0.6 is 11.3 Å². The first-order valence-corrected chi connectivity index (χ1v) is 6.81. The van der Waals surface area contributed by atoms with Gasteiger partial charge in [0.1, 0.15) is 5.01 Å². The third-order valence-electron chi connectivity index (χ3n) is 2.50. The van der Waals surface area contributed by atoms with Crippen LogP contribution in [0.2, 0.25) is 0 Å². The smallest absolute Gasteiger partial charge is 0.125 e. The quantitative estimate of drug-likeness (QED) is 0.621. The van der Waals surface area contributed by atoms with Crippen molar-refractivity contribution in [1.29, 1.82) is 0 Å². The summed E-state index contributed by atoms with van der Waals surface area (Å²) in [7, 11) is 2.02. The third kappa shape index (κ3) is 4.32. The van der Waals surface area contributed by atoms with Crippen molar-refractivity contribution in [1.82, 2.24) is 15.4 Å². The van der Waals surface area contributed by atoms with Gasteiger partial charge in [-0.3, -0.25) is 0 Å². The zero-order valence-electron chi connectivity index (χ0n) is 11.0. The minimum Gasteiger partial charge on any atom is -0.326 e. The summed E-state index contributed by atoms with van der Waals surface area (Å²) >= 11 is 1.67. The van der Waals surface area contributed by atoms with E-state index in [1.807, 2.05) is 29.8 Å². The average Bonchev–Trinajstić information content (AvgIpc) is 2.83. The molecule has 0 bridgehead atoms. The minimum absolute atomic E-state index is 0.957. The topological polar surface area (TPSA) is 28.2 Å². The molecule has 0 aliphatic rings. The molecule has 0 unspecified atom stereocenters. The predicted octanol–water partition coefficient (Wildman–Crippen LogP) is 3.30. The first-order valence-electron chi connectivity index (χ1n) is 5.93. The van der Waals surface area contributed by atoms with Crippen LogP contribution in [0.3, 0.4) is 0 Å². The Morgan fingerprint density at radius 2 is 2.29 bits per heavy atom. The van der Waals surface area contributed by atoms with E-state index in [1.54, 1.807) is 11.3 Å². The van der Waals surface area contributed by atoms with Crippen LogP contribution in [0.15, 0.2) is 29.4 Å². The summed E-state index contributed by atoms with van der Waals surface area (Å²) in [6.07, 6.45) is 7.14. The zero-order chi connectivity index (χ0) is 12.7. The molecule has 1 N–H and O–H groups in total. The van der Waals surface area contributed by atoms with Crippen LogP contribution in [0.4, 0.5) is 0 Å². The van der Waals surface area contributed by atoms with Gasteiger partial charge >= 0.3 is 0 Å². The predicted molar refractivity (Wildman–Crippen MR) is 75.6 cm³/mol. The van der Waals surface area contributed by atoms with Gasteiger partial charge in [0.05, 0.1) is 0 Å². The standard InChI is InChI=1S/C13H21N3S/c1-5-7-11(3)12(10-15-16(4)6-2)13-14-8-9-17-13/h7-10,15H,5-6H2,1-4H3/b11-7+,12-10+. The SMILES string of the molecule is CC/C=C(C)/C(=C\NN(C)CC)c1nccs1. The van der Waals surface area contributed by atoms with Gasteiger partial charge in [-0.05, 0) is 18.9 Å². The van der Waals surface area contributed by atoms with Crippen molar-refractivity contribution in [2.24, 2.45) is 0 Å². The second-order valence-electron chi connectivity index (χ2n) is 3.83. The summed E-state index contributed by atoms with van der Waals surface area (Å²) in [6.45, 7) is 7.34. The molecule has 0 aromatic carbocycles. The minimum atomic E-state index is 0.957. The number of rotatable bonds is 6. The summed E-state index contributed by atoms with van der Waals surface area (Å²) < 4.78 is 0. The molecule has 94 valence electrons. The Labute approximate surface area is 108 Å². The van der Waals surface area contributed by atoms with E-state index in [9.17, 15) is 0 Å². The van der Waals surface area contributed by atoms with E-state index < -0.39 is 0 Å². The Balaban J connectivity index is 2.91. The fourth-order valence-corrected chi connectivity index (χ4v) is 2.10. The monoisotopic (exact) mass is 251 g/mol. The highest BCUT2D eigenvalue weighted by Crippen LogP contribution is 2.24. The van der Waals surface area contributed by atoms with Gasteiger partial charge in [-0.2, -0.15) is 0 Å². The molecule has 1 aromatic rings. The molecule has 0 aliphatic heterocycles. The van der Waals surface area contributed by atoms with Crippen molar-refractivity contribution < 1.29 is 0 Å². The lowest BCUT2D eigenvalue weighted by atomic mass is 10.1. The van der Waals surface area contributed by atoms with Crippen LogP contribution in [0.25, 0.3) is 5.57 Å². The molecule has 0 fully saturated rings. The molecule has 17 heavy (non-hydrogen) atoms. The van der Waals surface area contributed by atoms with Gasteiger partial charge in [-0.25, -0.2) is 9.99 Å². The van der Waals surface area contributed by atoms with Gasteiger partial charge in [0.25, 0.3) is 0 Å². The van der Waals surface area contributed by atoms with Crippen molar-refractivity contribution in [3.8, 4) is 0 Å². The number of hydrogen-bond acceptors (Lipinski definition) is 4. The number of hydrazine groups is 1. The van der Waals surface area contributed by atoms with Crippen molar-refractivity contribution in [3.05, 3.63) is 34.4 Å². The van der Waals surface area contributed by atoms with Crippen molar-refractivity contribution >= 4 is 16.9 Å². The second kappa shape index (κ2) is 7.25. The molecule has 0 saturated heterocycles. The first-order chi connectivity index (χ1) is 8.19. The van der Waals surface area contributed by atoms with E-state index in [0.717, 1.165) is 18.0 Å². The molecule has 1 aromatic heterocycles. The molecule has 0 radical (unpaired) electrons. The Morgan fingerprint density at radius 3 is 2.82 bits per heavy atom. The van der Waals surface area contributed by atoms with Crippen molar-refractivity contribution in [3.63, 3.8) is 0 Å². The van der Waals surface area contributed by atoms with E-state index in [2.05, 4.69) is 37.3 Å². The van der Waals surface area contributed by atoms with Crippen LogP contribution in [0.1, 0.15) is 32.2 Å². The molecule has 3 nitrogen and oxygen atoms in total. The molecular formula is C13H21N3S. The van der Waals surface area contributed by atoms with Crippen LogP contribution in [0, 0.1) is 0 Å². The van der Waals surface area contributed by atoms with Crippen molar-refractivity contribution in [2.45, 2.75) is 27.2 Å². The van der Waals surface area contributed by atoms with Crippen molar-refractivity contribution in [2.75, 3.05) is 13.6 Å². The summed E-state index contributed by atoms with van der Waals surface area (Å²) in [6, 6.07) is 0. The Bertz CT molecular complexity index is 379. The van der Waals surface area contributed by atoms with Gasteiger partial charge in [-0.15, -0.1) is 11.3 Å². The summed E-state index contributed by atoms with van der Waals surface area (Å²) in [4.78, 5) is 4.37. The fraction of sp³-hybridized carbons (Fsp3) is 0.462. The van der Waals surface area contributed by atoms with Gasteiger partial charge in [-0.1, -0.05) is 19.9 Å². The molecule has 0 atom stereocenters. The van der Waals surface area contributed by atoms with Gasteiger partial charge < -0.3 is 5.43 Å². The molecular weight excluding hydrogens is 230 g/mol. The number of nitrogens with zero attached hydrogens (tertiary/aromatic N) is 2. The highest BCUT2D eigenvalue weighted by Gasteiger charge is 2.06. The number of aromatic nitrogens is 1. The summed E-state index contributed by atoms with van der Waals surface area (Å²) in [5.74, 6) is 0. The van der Waals surface area contributed by atoms with Crippen LogP contribution in [-0.4, -0.2) is 23.6 Å². The molecule has 0 amide bonds. The van der Waals surface area contributed by atoms with Crippen LogP contribution in [-0.2, 0) is 0 Å². The largest absolute Gasteiger partial charge is 0.326 e. The summed E-state index contributed by atoms with van der Waals surface area (Å²) in [5.41, 5.74) is 5.69. The molecule has 0 saturated carbocycles. The van der Waals surface area contributed by atoms with Gasteiger partial charge in [0.15, 0.2) is 0 Å². The van der Waals surface area contributed by atoms with Crippen LogP contribution < -0.4 is 5.43 Å². The van der Waals surface area contributed by atoms with Gasteiger partial charge in [0, 0.05) is 36.9 Å². The highest BCUT2D eigenvalue weighted by atomic mass is 32.1. The lowest BCUT2D eigenvalue weighted by Crippen LogP contribution is -2.29. The normalized spacial score (nSPS) is 13.2. The lowest BCUT2D eigenvalue weighted by molar-refractivity contribution is 0.293. The molecule has 0 aliphatic carbocycles. The van der Waals surface area contributed by atoms with E-state index in [-0.39, 0.29) is 0 Å². The first kappa shape index (κ1) is 13.9. The maximum Gasteiger partial charge on any atom is 0.125 e. The number of nitrogens with one attached hydrogen (secondary N) is 1. The second-order valence-corrected chi connectivity index (χ2v) is 4.73. The zero-order valence-corrected chi connectivity index (χ0v) is 11.8. The van der Waals surface area contributed by atoms with E-state index >= 15 is 0 Å². The average molecular weight is 251 g/mol. The van der Waals surface area contributed by atoms with E-state index in [0.29, 0.717) is 0 Å². The maximum absolute atomic E-state index is 4.37. The fourth-order valence-electron chi connectivity index (χ4n) is 1.38. The number of thiazole rings is 1.